The van der Waals surface area contributed by atoms with Gasteiger partial charge in [-0.2, -0.15) is 0 Å². The van der Waals surface area contributed by atoms with Crippen LogP contribution in [-0.4, -0.2) is 41.4 Å². The standard InChI is InChI=1S/C30H31N3O5/c1-3-36-29(34)31-25-14-8-7-13-24(25)27(38-30(35)37-23-11-5-4-6-12-23)20-33-17-16-22-18-32(2)26-15-9-10-21(19-33)28(22)26/h4-15,18,27H,3,16-17,19-20H2,1-2H3,(H,31,34). The quantitative estimate of drug-likeness (QED) is 0.239. The molecule has 38 heavy (non-hydrogen) atoms. The minimum atomic E-state index is -0.812. The van der Waals surface area contributed by atoms with E-state index in [9.17, 15) is 9.59 Å². The third kappa shape index (κ3) is 5.65. The molecule has 0 radical (unpaired) electrons. The zero-order valence-electron chi connectivity index (χ0n) is 21.6. The fourth-order valence-corrected chi connectivity index (χ4v) is 5.02. The Kier molecular flexibility index (Phi) is 7.60. The maximum Gasteiger partial charge on any atom is 0.514 e. The lowest BCUT2D eigenvalue weighted by Gasteiger charge is -2.28. The Labute approximate surface area is 221 Å². The number of benzene rings is 3. The van der Waals surface area contributed by atoms with E-state index >= 15 is 0 Å². The monoisotopic (exact) mass is 513 g/mol. The van der Waals surface area contributed by atoms with Crippen LogP contribution in [0.15, 0.2) is 79.0 Å². The van der Waals surface area contributed by atoms with Gasteiger partial charge in [0.15, 0.2) is 0 Å². The molecule has 1 atom stereocenters. The molecule has 1 N–H and O–H groups in total. The van der Waals surface area contributed by atoms with Gasteiger partial charge in [-0.15, -0.1) is 0 Å². The van der Waals surface area contributed by atoms with Gasteiger partial charge in [0, 0.05) is 49.3 Å². The summed E-state index contributed by atoms with van der Waals surface area (Å²) in [6.07, 6.45) is 0.989. The van der Waals surface area contributed by atoms with Crippen molar-refractivity contribution in [1.29, 1.82) is 0 Å². The first-order valence-electron chi connectivity index (χ1n) is 12.8. The third-order valence-corrected chi connectivity index (χ3v) is 6.70. The summed E-state index contributed by atoms with van der Waals surface area (Å²) >= 11 is 0. The second-order valence-electron chi connectivity index (χ2n) is 9.27. The predicted molar refractivity (Wildman–Crippen MR) is 145 cm³/mol. The molecule has 0 bridgehead atoms. The predicted octanol–water partition coefficient (Wildman–Crippen LogP) is 6.06. The lowest BCUT2D eigenvalue weighted by atomic mass is 10.1. The van der Waals surface area contributed by atoms with E-state index in [4.69, 9.17) is 14.2 Å². The van der Waals surface area contributed by atoms with E-state index in [1.165, 1.54) is 22.0 Å². The number of carbonyl (C=O) groups is 2. The van der Waals surface area contributed by atoms with Crippen LogP contribution in [0.2, 0.25) is 0 Å². The van der Waals surface area contributed by atoms with Crippen LogP contribution in [0.1, 0.15) is 29.7 Å². The van der Waals surface area contributed by atoms with Crippen molar-refractivity contribution in [3.05, 3.63) is 95.7 Å². The summed E-state index contributed by atoms with van der Waals surface area (Å²) in [5.41, 5.74) is 4.93. The molecule has 0 fully saturated rings. The molecule has 196 valence electrons. The van der Waals surface area contributed by atoms with Crippen LogP contribution in [0, 0.1) is 0 Å². The number of rotatable bonds is 7. The summed E-state index contributed by atoms with van der Waals surface area (Å²) in [5, 5.41) is 4.08. The summed E-state index contributed by atoms with van der Waals surface area (Å²) < 4.78 is 18.6. The van der Waals surface area contributed by atoms with E-state index in [0.717, 1.165) is 13.0 Å². The summed E-state index contributed by atoms with van der Waals surface area (Å²) in [6.45, 7) is 3.90. The van der Waals surface area contributed by atoms with E-state index in [2.05, 4.69) is 46.2 Å². The number of aryl methyl sites for hydroxylation is 1. The van der Waals surface area contributed by atoms with Crippen molar-refractivity contribution in [2.24, 2.45) is 7.05 Å². The van der Waals surface area contributed by atoms with Gasteiger partial charge in [0.25, 0.3) is 0 Å². The molecule has 4 aromatic rings. The molecule has 1 amide bonds. The smallest absolute Gasteiger partial charge is 0.450 e. The molecule has 0 saturated carbocycles. The molecule has 1 aromatic heterocycles. The van der Waals surface area contributed by atoms with E-state index in [0.29, 0.717) is 30.1 Å². The SMILES string of the molecule is CCOC(=O)Nc1ccccc1C(CN1CCc2cn(C)c3cccc(c23)C1)OC(=O)Oc1ccccc1. The molecule has 2 heterocycles. The van der Waals surface area contributed by atoms with Gasteiger partial charge in [0.05, 0.1) is 12.3 Å². The Morgan fingerprint density at radius 1 is 0.974 bits per heavy atom. The largest absolute Gasteiger partial charge is 0.514 e. The second-order valence-corrected chi connectivity index (χ2v) is 9.27. The minimum Gasteiger partial charge on any atom is -0.450 e. The average molecular weight is 514 g/mol. The molecule has 0 aliphatic carbocycles. The summed E-state index contributed by atoms with van der Waals surface area (Å²) in [6, 6.07) is 22.4. The average Bonchev–Trinajstić information content (AvgIpc) is 3.13. The van der Waals surface area contributed by atoms with Crippen LogP contribution < -0.4 is 10.1 Å². The minimum absolute atomic E-state index is 0.248. The van der Waals surface area contributed by atoms with Gasteiger partial charge < -0.3 is 18.8 Å². The van der Waals surface area contributed by atoms with E-state index in [1.807, 2.05) is 24.3 Å². The number of nitrogens with one attached hydrogen (secondary N) is 1. The fourth-order valence-electron chi connectivity index (χ4n) is 5.02. The van der Waals surface area contributed by atoms with E-state index in [-0.39, 0.29) is 6.61 Å². The Morgan fingerprint density at radius 3 is 2.58 bits per heavy atom. The van der Waals surface area contributed by atoms with Crippen LogP contribution >= 0.6 is 0 Å². The molecule has 0 saturated heterocycles. The molecule has 1 aliphatic heterocycles. The zero-order chi connectivity index (χ0) is 26.5. The number of hydrogen-bond donors (Lipinski definition) is 1. The number of ether oxygens (including phenoxy) is 3. The summed E-state index contributed by atoms with van der Waals surface area (Å²) in [5.74, 6) is 0.395. The number of anilines is 1. The Hall–Kier alpha value is -4.30. The molecule has 1 aliphatic rings. The van der Waals surface area contributed by atoms with Crippen LogP contribution in [-0.2, 0) is 29.5 Å². The van der Waals surface area contributed by atoms with Crippen LogP contribution in [0.4, 0.5) is 15.3 Å². The molecule has 8 heteroatoms. The number of amides is 1. The first-order chi connectivity index (χ1) is 18.5. The number of para-hydroxylation sites is 2. The van der Waals surface area contributed by atoms with Gasteiger partial charge in [-0.3, -0.25) is 10.2 Å². The highest BCUT2D eigenvalue weighted by Gasteiger charge is 2.27. The molecular weight excluding hydrogens is 482 g/mol. The topological polar surface area (TPSA) is 82.0 Å². The fraction of sp³-hybridized carbons (Fsp3) is 0.267. The maximum absolute atomic E-state index is 12.9. The molecule has 1 unspecified atom stereocenters. The first-order valence-corrected chi connectivity index (χ1v) is 12.8. The summed E-state index contributed by atoms with van der Waals surface area (Å²) in [4.78, 5) is 27.4. The van der Waals surface area contributed by atoms with Crippen LogP contribution in [0.5, 0.6) is 5.75 Å². The van der Waals surface area contributed by atoms with Crippen molar-refractivity contribution >= 4 is 28.8 Å². The highest BCUT2D eigenvalue weighted by Crippen LogP contribution is 2.32. The molecule has 3 aromatic carbocycles. The van der Waals surface area contributed by atoms with Crippen LogP contribution in [0.3, 0.4) is 0 Å². The van der Waals surface area contributed by atoms with Gasteiger partial charge in [0.2, 0.25) is 0 Å². The molecular formula is C30H31N3O5. The lowest BCUT2D eigenvalue weighted by molar-refractivity contribution is 0.0377. The highest BCUT2D eigenvalue weighted by atomic mass is 16.7. The number of hydrogen-bond acceptors (Lipinski definition) is 6. The second kappa shape index (κ2) is 11.4. The Balaban J connectivity index is 1.42. The lowest BCUT2D eigenvalue weighted by Crippen LogP contribution is -2.32. The van der Waals surface area contributed by atoms with Gasteiger partial charge in [0.1, 0.15) is 11.9 Å². The first kappa shape index (κ1) is 25.4. The number of aromatic nitrogens is 1. The van der Waals surface area contributed by atoms with Gasteiger partial charge in [-0.1, -0.05) is 48.5 Å². The number of carbonyl (C=O) groups excluding carboxylic acids is 2. The van der Waals surface area contributed by atoms with Crippen molar-refractivity contribution in [2.75, 3.05) is 25.0 Å². The van der Waals surface area contributed by atoms with Crippen molar-refractivity contribution in [3.8, 4) is 5.75 Å². The summed E-state index contributed by atoms with van der Waals surface area (Å²) in [7, 11) is 2.07. The Morgan fingerprint density at radius 2 is 1.76 bits per heavy atom. The van der Waals surface area contributed by atoms with E-state index in [1.54, 1.807) is 37.3 Å². The molecule has 5 rings (SSSR count). The molecule has 8 nitrogen and oxygen atoms in total. The number of nitrogens with zero attached hydrogens (tertiary/aromatic N) is 2. The maximum atomic E-state index is 12.9. The normalized spacial score (nSPS) is 13.9. The van der Waals surface area contributed by atoms with Crippen molar-refractivity contribution < 1.29 is 23.8 Å². The third-order valence-electron chi connectivity index (χ3n) is 6.70. The van der Waals surface area contributed by atoms with Gasteiger partial charge in [-0.05, 0) is 48.7 Å². The van der Waals surface area contributed by atoms with Crippen molar-refractivity contribution in [1.82, 2.24) is 9.47 Å². The highest BCUT2D eigenvalue weighted by molar-refractivity contribution is 5.88. The van der Waals surface area contributed by atoms with E-state index < -0.39 is 18.4 Å². The van der Waals surface area contributed by atoms with Crippen molar-refractivity contribution in [3.63, 3.8) is 0 Å². The molecule has 0 spiro atoms. The van der Waals surface area contributed by atoms with Gasteiger partial charge >= 0.3 is 12.2 Å². The van der Waals surface area contributed by atoms with Crippen molar-refractivity contribution in [2.45, 2.75) is 26.0 Å². The van der Waals surface area contributed by atoms with Gasteiger partial charge in [-0.25, -0.2) is 9.59 Å². The zero-order valence-corrected chi connectivity index (χ0v) is 21.6. The van der Waals surface area contributed by atoms with Crippen LogP contribution in [0.25, 0.3) is 10.9 Å². The Bertz CT molecular complexity index is 1430.